The van der Waals surface area contributed by atoms with Gasteiger partial charge < -0.3 is 10.1 Å². The number of nitrogens with one attached hydrogen (secondary N) is 1. The van der Waals surface area contributed by atoms with Gasteiger partial charge in [0.2, 0.25) is 0 Å². The van der Waals surface area contributed by atoms with Gasteiger partial charge >= 0.3 is 5.97 Å². The van der Waals surface area contributed by atoms with Crippen LogP contribution in [0.3, 0.4) is 0 Å². The molecular weight excluding hydrogens is 344 g/mol. The molecule has 0 saturated heterocycles. The third kappa shape index (κ3) is 4.21. The summed E-state index contributed by atoms with van der Waals surface area (Å²) in [5.74, 6) is -2.05. The standard InChI is InChI=1S/C16H12Cl2FNO3/c1-9(15(21)20-13-8-3-2-7-12(13)19)23-16(22)10-5-4-6-11(17)14(10)18/h2-9H,1H3,(H,20,21)/t9-/m0/s1. The van der Waals surface area contributed by atoms with E-state index >= 15 is 0 Å². The molecule has 0 unspecified atom stereocenters. The van der Waals surface area contributed by atoms with Crippen molar-refractivity contribution in [2.24, 2.45) is 0 Å². The first-order valence-electron chi connectivity index (χ1n) is 6.60. The molecule has 4 nitrogen and oxygen atoms in total. The van der Waals surface area contributed by atoms with Gasteiger partial charge in [0.1, 0.15) is 5.82 Å². The Morgan fingerprint density at radius 2 is 1.83 bits per heavy atom. The van der Waals surface area contributed by atoms with Gasteiger partial charge in [0.15, 0.2) is 6.10 Å². The number of amides is 1. The van der Waals surface area contributed by atoms with Crippen LogP contribution in [0.15, 0.2) is 42.5 Å². The summed E-state index contributed by atoms with van der Waals surface area (Å²) in [6.45, 7) is 1.37. The van der Waals surface area contributed by atoms with E-state index in [4.69, 9.17) is 27.9 Å². The molecular formula is C16H12Cl2FNO3. The normalized spacial score (nSPS) is 11.7. The molecule has 1 atom stereocenters. The highest BCUT2D eigenvalue weighted by Crippen LogP contribution is 2.26. The van der Waals surface area contributed by atoms with Crippen LogP contribution in [-0.4, -0.2) is 18.0 Å². The van der Waals surface area contributed by atoms with Crippen molar-refractivity contribution < 1.29 is 18.7 Å². The van der Waals surface area contributed by atoms with Crippen LogP contribution in [0, 0.1) is 5.82 Å². The topological polar surface area (TPSA) is 55.4 Å². The predicted octanol–water partition coefficient (Wildman–Crippen LogP) is 4.32. The van der Waals surface area contributed by atoms with Crippen LogP contribution in [0.4, 0.5) is 10.1 Å². The molecule has 0 radical (unpaired) electrons. The molecule has 0 spiro atoms. The molecule has 2 aromatic carbocycles. The van der Waals surface area contributed by atoms with E-state index in [1.165, 1.54) is 43.3 Å². The van der Waals surface area contributed by atoms with Crippen molar-refractivity contribution in [3.63, 3.8) is 0 Å². The maximum atomic E-state index is 13.5. The second-order valence-electron chi connectivity index (χ2n) is 4.62. The first-order valence-corrected chi connectivity index (χ1v) is 7.36. The van der Waals surface area contributed by atoms with Crippen molar-refractivity contribution in [1.82, 2.24) is 0 Å². The van der Waals surface area contributed by atoms with Crippen molar-refractivity contribution in [3.8, 4) is 0 Å². The Hall–Kier alpha value is -2.11. The molecule has 0 aromatic heterocycles. The fourth-order valence-electron chi connectivity index (χ4n) is 1.74. The molecule has 0 aliphatic heterocycles. The summed E-state index contributed by atoms with van der Waals surface area (Å²) in [5, 5.41) is 2.58. The molecule has 7 heteroatoms. The maximum Gasteiger partial charge on any atom is 0.340 e. The Morgan fingerprint density at radius 1 is 1.13 bits per heavy atom. The van der Waals surface area contributed by atoms with Gasteiger partial charge in [-0.15, -0.1) is 0 Å². The van der Waals surface area contributed by atoms with Crippen LogP contribution in [0.1, 0.15) is 17.3 Å². The van der Waals surface area contributed by atoms with Crippen molar-refractivity contribution in [1.29, 1.82) is 0 Å². The van der Waals surface area contributed by atoms with Crippen molar-refractivity contribution in [3.05, 3.63) is 63.9 Å². The van der Waals surface area contributed by atoms with Gasteiger partial charge in [-0.05, 0) is 31.2 Å². The SMILES string of the molecule is C[C@H](OC(=O)c1cccc(Cl)c1Cl)C(=O)Nc1ccccc1F. The first kappa shape index (κ1) is 17.2. The monoisotopic (exact) mass is 355 g/mol. The molecule has 1 amide bonds. The third-order valence-electron chi connectivity index (χ3n) is 2.96. The average Bonchev–Trinajstić information content (AvgIpc) is 2.52. The molecule has 2 rings (SSSR count). The highest BCUT2D eigenvalue weighted by molar-refractivity contribution is 6.43. The fourth-order valence-corrected chi connectivity index (χ4v) is 2.11. The first-order chi connectivity index (χ1) is 10.9. The number of esters is 1. The zero-order valence-corrected chi connectivity index (χ0v) is 13.5. The zero-order valence-electron chi connectivity index (χ0n) is 12.0. The minimum Gasteiger partial charge on any atom is -0.449 e. The smallest absolute Gasteiger partial charge is 0.340 e. The second kappa shape index (κ2) is 7.44. The number of anilines is 1. The van der Waals surface area contributed by atoms with E-state index in [1.54, 1.807) is 6.07 Å². The van der Waals surface area contributed by atoms with Crippen LogP contribution in [0.25, 0.3) is 0 Å². The molecule has 23 heavy (non-hydrogen) atoms. The number of ether oxygens (including phenoxy) is 1. The Balaban J connectivity index is 2.05. The van der Waals surface area contributed by atoms with E-state index in [0.717, 1.165) is 0 Å². The van der Waals surface area contributed by atoms with Crippen molar-refractivity contribution in [2.75, 3.05) is 5.32 Å². The third-order valence-corrected chi connectivity index (χ3v) is 3.78. The Bertz CT molecular complexity index is 752. The summed E-state index contributed by atoms with van der Waals surface area (Å²) in [7, 11) is 0. The number of carbonyl (C=O) groups is 2. The lowest BCUT2D eigenvalue weighted by Gasteiger charge is -2.14. The summed E-state index contributed by atoms with van der Waals surface area (Å²) in [6.07, 6.45) is -1.14. The zero-order chi connectivity index (χ0) is 17.0. The van der Waals surface area contributed by atoms with E-state index in [1.807, 2.05) is 0 Å². The predicted molar refractivity (Wildman–Crippen MR) is 86.4 cm³/mol. The van der Waals surface area contributed by atoms with Gasteiger partial charge in [-0.25, -0.2) is 9.18 Å². The number of carbonyl (C=O) groups excluding carboxylic acids is 2. The molecule has 0 fully saturated rings. The molecule has 0 heterocycles. The highest BCUT2D eigenvalue weighted by Gasteiger charge is 2.22. The van der Waals surface area contributed by atoms with Crippen LogP contribution in [0.5, 0.6) is 0 Å². The van der Waals surface area contributed by atoms with Crippen molar-refractivity contribution >= 4 is 40.8 Å². The maximum absolute atomic E-state index is 13.5. The molecule has 0 aliphatic rings. The summed E-state index contributed by atoms with van der Waals surface area (Å²) in [4.78, 5) is 24.0. The quantitative estimate of drug-likeness (QED) is 0.831. The molecule has 2 aromatic rings. The summed E-state index contributed by atoms with van der Waals surface area (Å²) >= 11 is 11.7. The van der Waals surface area contributed by atoms with E-state index in [-0.39, 0.29) is 21.3 Å². The Labute approximate surface area is 142 Å². The number of rotatable bonds is 4. The minimum absolute atomic E-state index is 0.00110. The molecule has 0 aliphatic carbocycles. The molecule has 0 bridgehead atoms. The Kier molecular flexibility index (Phi) is 5.58. The van der Waals surface area contributed by atoms with E-state index in [2.05, 4.69) is 5.32 Å². The average molecular weight is 356 g/mol. The highest BCUT2D eigenvalue weighted by atomic mass is 35.5. The van der Waals surface area contributed by atoms with Gasteiger partial charge in [0.25, 0.3) is 5.91 Å². The van der Waals surface area contributed by atoms with Gasteiger partial charge in [-0.1, -0.05) is 41.4 Å². The summed E-state index contributed by atoms with van der Waals surface area (Å²) in [5.41, 5.74) is 0.0471. The lowest BCUT2D eigenvalue weighted by atomic mass is 10.2. The van der Waals surface area contributed by atoms with E-state index in [9.17, 15) is 14.0 Å². The van der Waals surface area contributed by atoms with Crippen LogP contribution >= 0.6 is 23.2 Å². The fraction of sp³-hybridized carbons (Fsp3) is 0.125. The number of hydrogen-bond acceptors (Lipinski definition) is 3. The largest absolute Gasteiger partial charge is 0.449 e. The Morgan fingerprint density at radius 3 is 2.52 bits per heavy atom. The van der Waals surface area contributed by atoms with E-state index < -0.39 is 23.8 Å². The molecule has 0 saturated carbocycles. The van der Waals surface area contributed by atoms with E-state index in [0.29, 0.717) is 0 Å². The second-order valence-corrected chi connectivity index (χ2v) is 5.40. The van der Waals surface area contributed by atoms with Crippen molar-refractivity contribution in [2.45, 2.75) is 13.0 Å². The molecule has 1 N–H and O–H groups in total. The van der Waals surface area contributed by atoms with Crippen LogP contribution < -0.4 is 5.32 Å². The van der Waals surface area contributed by atoms with Crippen LogP contribution in [0.2, 0.25) is 10.0 Å². The minimum atomic E-state index is -1.14. The van der Waals surface area contributed by atoms with Gasteiger partial charge in [0.05, 0.1) is 21.3 Å². The number of benzene rings is 2. The lowest BCUT2D eigenvalue weighted by Crippen LogP contribution is -2.30. The lowest BCUT2D eigenvalue weighted by molar-refractivity contribution is -0.123. The van der Waals surface area contributed by atoms with Gasteiger partial charge in [-0.2, -0.15) is 0 Å². The number of halogens is 3. The summed E-state index contributed by atoms with van der Waals surface area (Å²) in [6, 6.07) is 10.2. The van der Waals surface area contributed by atoms with Gasteiger partial charge in [0, 0.05) is 0 Å². The number of para-hydroxylation sites is 1. The van der Waals surface area contributed by atoms with Crippen LogP contribution in [-0.2, 0) is 9.53 Å². The number of hydrogen-bond donors (Lipinski definition) is 1. The van der Waals surface area contributed by atoms with Gasteiger partial charge in [-0.3, -0.25) is 4.79 Å². The molecule has 120 valence electrons. The summed E-state index contributed by atoms with van der Waals surface area (Å²) < 4.78 is 18.5.